The minimum Gasteiger partial charge on any atom is -0.394 e. The quantitative estimate of drug-likeness (QED) is 0.0818. The van der Waals surface area contributed by atoms with Crippen LogP contribution in [0.2, 0.25) is 0 Å². The third-order valence-corrected chi connectivity index (χ3v) is 9.21. The van der Waals surface area contributed by atoms with Crippen LogP contribution >= 0.6 is 0 Å². The Morgan fingerprint density at radius 1 is 0.442 bits per heavy atom. The molecule has 3 aliphatic rings. The molecule has 0 spiro atoms. The summed E-state index contributed by atoms with van der Waals surface area (Å²) in [5.41, 5.74) is 0.874. The molecule has 3 aromatic heterocycles. The molecule has 6 heterocycles. The zero-order valence-corrected chi connectivity index (χ0v) is 27.2. The third-order valence-electron chi connectivity index (χ3n) is 9.21. The molecule has 3 unspecified atom stereocenters. The lowest BCUT2D eigenvalue weighted by Gasteiger charge is -2.39. The summed E-state index contributed by atoms with van der Waals surface area (Å²) in [5.74, 6) is 0. The van der Waals surface area contributed by atoms with Gasteiger partial charge in [-0.2, -0.15) is 0 Å². The lowest BCUT2D eigenvalue weighted by Crippen LogP contribution is -2.56. The monoisotopic (exact) mass is 746 g/mol. The zero-order chi connectivity index (χ0) is 37.4. The Bertz CT molecular complexity index is 1410. The Hall–Kier alpha value is -3.22. The van der Waals surface area contributed by atoms with Gasteiger partial charge in [0.05, 0.1) is 55.5 Å². The van der Waals surface area contributed by atoms with E-state index in [0.29, 0.717) is 17.1 Å². The molecule has 15 atom stereocenters. The van der Waals surface area contributed by atoms with Crippen molar-refractivity contribution in [3.8, 4) is 0 Å². The molecule has 25 nitrogen and oxygen atoms in total. The molecule has 3 saturated heterocycles. The van der Waals surface area contributed by atoms with Crippen LogP contribution in [-0.4, -0.2) is 204 Å². The largest absolute Gasteiger partial charge is 0.394 e. The number of hydrogen-bond acceptors (Lipinski definition) is 22. The van der Waals surface area contributed by atoms with Gasteiger partial charge in [0, 0.05) is 19.6 Å². The predicted molar refractivity (Wildman–Crippen MR) is 160 cm³/mol. The smallest absolute Gasteiger partial charge is 0.180 e. The standard InChI is InChI=1S/C27H42N10O15/c38-7-13-16(41)19(44)22(47)25(50-13)35-4-10(28-31-35)1-34(2-11-5-36(32-29-11)26-23(48)20(45)17(42)14(8-39)51-26)3-12-6-37(33-30-12)27-24(49)21(46)18(43)15(9-40)52-27/h4-6,13-27,38-49H,1-3,7-9H2/t13-,14-,15-,16-,17-,18-,19+,20+,21+,22-,23-,24-,25?,26?,27?/m1/s1. The van der Waals surface area contributed by atoms with Gasteiger partial charge in [-0.15, -0.1) is 15.3 Å². The second kappa shape index (κ2) is 16.0. The highest BCUT2D eigenvalue weighted by Crippen LogP contribution is 2.31. The van der Waals surface area contributed by atoms with Crippen molar-refractivity contribution in [1.29, 1.82) is 0 Å². The van der Waals surface area contributed by atoms with Crippen LogP contribution in [0, 0.1) is 0 Å². The number of aromatic nitrogens is 9. The van der Waals surface area contributed by atoms with Crippen molar-refractivity contribution in [1.82, 2.24) is 49.9 Å². The Kier molecular flexibility index (Phi) is 11.9. The van der Waals surface area contributed by atoms with Crippen molar-refractivity contribution in [2.24, 2.45) is 0 Å². The van der Waals surface area contributed by atoms with E-state index in [9.17, 15) is 61.3 Å². The summed E-state index contributed by atoms with van der Waals surface area (Å²) >= 11 is 0. The van der Waals surface area contributed by atoms with Crippen LogP contribution in [0.5, 0.6) is 0 Å². The van der Waals surface area contributed by atoms with Crippen LogP contribution in [0.15, 0.2) is 18.6 Å². The zero-order valence-electron chi connectivity index (χ0n) is 27.2. The van der Waals surface area contributed by atoms with Crippen LogP contribution in [0.1, 0.15) is 35.8 Å². The fourth-order valence-corrected chi connectivity index (χ4v) is 6.29. The van der Waals surface area contributed by atoms with Gasteiger partial charge in [-0.1, -0.05) is 15.6 Å². The van der Waals surface area contributed by atoms with E-state index in [-0.39, 0.29) is 19.6 Å². The van der Waals surface area contributed by atoms with E-state index in [2.05, 4.69) is 30.9 Å². The maximum atomic E-state index is 10.5. The van der Waals surface area contributed by atoms with Gasteiger partial charge in [-0.25, -0.2) is 14.0 Å². The first kappa shape index (κ1) is 38.5. The Morgan fingerprint density at radius 2 is 0.712 bits per heavy atom. The van der Waals surface area contributed by atoms with Gasteiger partial charge in [0.25, 0.3) is 0 Å². The second-order valence-electron chi connectivity index (χ2n) is 12.9. The molecule has 3 fully saturated rings. The number of aliphatic hydroxyl groups is 12. The summed E-state index contributed by atoms with van der Waals surface area (Å²) in [6.07, 6.45) is -17.9. The normalized spacial score (nSPS) is 38.6. The Morgan fingerprint density at radius 3 is 0.962 bits per heavy atom. The van der Waals surface area contributed by atoms with Gasteiger partial charge in [-0.05, 0) is 0 Å². The number of ether oxygens (including phenoxy) is 3. The minimum absolute atomic E-state index is 0.00274. The summed E-state index contributed by atoms with van der Waals surface area (Å²) < 4.78 is 20.0. The summed E-state index contributed by atoms with van der Waals surface area (Å²) in [4.78, 5) is 1.71. The lowest BCUT2D eigenvalue weighted by atomic mass is 9.98. The number of hydrogen-bond donors (Lipinski definition) is 12. The molecule has 0 bridgehead atoms. The van der Waals surface area contributed by atoms with Gasteiger partial charge in [0.1, 0.15) is 73.2 Å². The molecule has 290 valence electrons. The number of nitrogens with zero attached hydrogens (tertiary/aromatic N) is 10. The van der Waals surface area contributed by atoms with Crippen molar-refractivity contribution in [3.63, 3.8) is 0 Å². The molecule has 0 saturated carbocycles. The van der Waals surface area contributed by atoms with Crippen LogP contribution in [0.25, 0.3) is 0 Å². The van der Waals surface area contributed by atoms with Crippen LogP contribution in [0.4, 0.5) is 0 Å². The van der Waals surface area contributed by atoms with E-state index >= 15 is 0 Å². The maximum Gasteiger partial charge on any atom is 0.180 e. The fourth-order valence-electron chi connectivity index (χ4n) is 6.29. The van der Waals surface area contributed by atoms with Crippen molar-refractivity contribution < 1.29 is 75.5 Å². The molecule has 3 aliphatic heterocycles. The lowest BCUT2D eigenvalue weighted by molar-refractivity contribution is -0.254. The molecule has 0 radical (unpaired) electrons. The van der Waals surface area contributed by atoms with E-state index in [0.717, 1.165) is 14.0 Å². The number of aliphatic hydroxyl groups excluding tert-OH is 12. The van der Waals surface area contributed by atoms with E-state index < -0.39 is 112 Å². The van der Waals surface area contributed by atoms with Crippen molar-refractivity contribution in [2.75, 3.05) is 19.8 Å². The van der Waals surface area contributed by atoms with Crippen molar-refractivity contribution in [2.45, 2.75) is 112 Å². The third kappa shape index (κ3) is 7.57. The van der Waals surface area contributed by atoms with Gasteiger partial charge in [0.15, 0.2) is 18.7 Å². The van der Waals surface area contributed by atoms with Crippen LogP contribution in [0.3, 0.4) is 0 Å². The molecule has 0 aliphatic carbocycles. The summed E-state index contributed by atoms with van der Waals surface area (Å²) in [7, 11) is 0. The Balaban J connectivity index is 1.23. The minimum atomic E-state index is -1.65. The molecule has 0 aromatic carbocycles. The van der Waals surface area contributed by atoms with E-state index in [1.165, 1.54) is 18.6 Å². The highest BCUT2D eigenvalue weighted by atomic mass is 16.6. The summed E-state index contributed by atoms with van der Waals surface area (Å²) in [6.45, 7) is -1.95. The molecular formula is C27H42N10O15. The van der Waals surface area contributed by atoms with Gasteiger partial charge in [-0.3, -0.25) is 4.90 Å². The van der Waals surface area contributed by atoms with Gasteiger partial charge < -0.3 is 75.5 Å². The van der Waals surface area contributed by atoms with Crippen LogP contribution in [-0.2, 0) is 33.8 Å². The Labute approximate surface area is 292 Å². The molecule has 52 heavy (non-hydrogen) atoms. The maximum absolute atomic E-state index is 10.5. The van der Waals surface area contributed by atoms with Crippen molar-refractivity contribution in [3.05, 3.63) is 35.7 Å². The molecule has 25 heteroatoms. The predicted octanol–water partition coefficient (Wildman–Crippen LogP) is -8.42. The highest BCUT2D eigenvalue weighted by molar-refractivity contribution is 5.03. The first-order valence-corrected chi connectivity index (χ1v) is 16.2. The van der Waals surface area contributed by atoms with Crippen LogP contribution < -0.4 is 0 Å². The molecule has 0 amide bonds. The van der Waals surface area contributed by atoms with Gasteiger partial charge >= 0.3 is 0 Å². The summed E-state index contributed by atoms with van der Waals surface area (Å²) in [5, 5.41) is 146. The topological polar surface area (TPSA) is 366 Å². The average Bonchev–Trinajstić information content (AvgIpc) is 3.91. The molecule has 6 rings (SSSR count). The fraction of sp³-hybridized carbons (Fsp3) is 0.778. The summed E-state index contributed by atoms with van der Waals surface area (Å²) in [6, 6.07) is 0. The molecule has 12 N–H and O–H groups in total. The average molecular weight is 747 g/mol. The van der Waals surface area contributed by atoms with E-state index in [1.807, 2.05) is 0 Å². The second-order valence-corrected chi connectivity index (χ2v) is 12.9. The molecular weight excluding hydrogens is 704 g/mol. The number of rotatable bonds is 12. The van der Waals surface area contributed by atoms with Gasteiger partial charge in [0.2, 0.25) is 0 Å². The SMILES string of the molecule is OC[C@H]1OC(n2cc(CN(Cc3cn(C4O[C@H](CO)[C@@H](O)[C@H](O)[C@H]4O)nn3)Cc3cn(C4O[C@H](CO)[C@@H](O)[C@H](O)[C@H]4O)nn3)nn2)[C@H](O)[C@@H](O)[C@@H]1O. The van der Waals surface area contributed by atoms with E-state index in [4.69, 9.17) is 14.2 Å². The highest BCUT2D eigenvalue weighted by Gasteiger charge is 2.47. The first-order valence-electron chi connectivity index (χ1n) is 16.2. The van der Waals surface area contributed by atoms with E-state index in [1.54, 1.807) is 4.90 Å². The van der Waals surface area contributed by atoms with Crippen molar-refractivity contribution >= 4 is 0 Å². The molecule has 3 aromatic rings. The first-order chi connectivity index (χ1) is 24.8.